The second-order valence-electron chi connectivity index (χ2n) is 6.98. The molecule has 1 aromatic heterocycles. The highest BCUT2D eigenvalue weighted by Gasteiger charge is 2.18. The summed E-state index contributed by atoms with van der Waals surface area (Å²) in [6, 6.07) is 9.68. The van der Waals surface area contributed by atoms with Crippen molar-refractivity contribution in [2.75, 3.05) is 50.7 Å². The molecular formula is C21H31ClIN7. The van der Waals surface area contributed by atoms with Crippen LogP contribution in [0.3, 0.4) is 0 Å². The Morgan fingerprint density at radius 3 is 2.57 bits per heavy atom. The van der Waals surface area contributed by atoms with Crippen molar-refractivity contribution >= 4 is 47.5 Å². The molecule has 1 aliphatic rings. The Morgan fingerprint density at radius 1 is 1.10 bits per heavy atom. The SMILES string of the molecule is CCNC(=NCc1cccc(Cl)c1)NCCCN1CCN(c2ncccn2)CC1.I. The minimum atomic E-state index is 0. The highest BCUT2D eigenvalue weighted by Crippen LogP contribution is 2.11. The molecule has 0 bridgehead atoms. The molecule has 30 heavy (non-hydrogen) atoms. The summed E-state index contributed by atoms with van der Waals surface area (Å²) < 4.78 is 0. The van der Waals surface area contributed by atoms with Gasteiger partial charge in [0.05, 0.1) is 6.54 Å². The third-order valence-corrected chi connectivity index (χ3v) is 5.04. The van der Waals surface area contributed by atoms with Crippen LogP contribution >= 0.6 is 35.6 Å². The Labute approximate surface area is 201 Å². The van der Waals surface area contributed by atoms with E-state index in [0.717, 1.165) is 74.7 Å². The Morgan fingerprint density at radius 2 is 1.87 bits per heavy atom. The molecule has 1 saturated heterocycles. The zero-order valence-corrected chi connectivity index (χ0v) is 20.5. The molecule has 1 aliphatic heterocycles. The van der Waals surface area contributed by atoms with Gasteiger partial charge in [-0.2, -0.15) is 0 Å². The predicted molar refractivity (Wildman–Crippen MR) is 135 cm³/mol. The summed E-state index contributed by atoms with van der Waals surface area (Å²) in [5.41, 5.74) is 1.11. The summed E-state index contributed by atoms with van der Waals surface area (Å²) >= 11 is 6.05. The molecule has 0 atom stereocenters. The quantitative estimate of drug-likeness (QED) is 0.231. The maximum Gasteiger partial charge on any atom is 0.225 e. The molecule has 1 aromatic carbocycles. The minimum Gasteiger partial charge on any atom is -0.357 e. The zero-order valence-electron chi connectivity index (χ0n) is 17.4. The number of nitrogens with zero attached hydrogens (tertiary/aromatic N) is 5. The molecular weight excluding hydrogens is 513 g/mol. The van der Waals surface area contributed by atoms with E-state index in [1.54, 1.807) is 12.4 Å². The number of guanidine groups is 1. The molecule has 2 aromatic rings. The lowest BCUT2D eigenvalue weighted by Crippen LogP contribution is -2.47. The van der Waals surface area contributed by atoms with Crippen molar-refractivity contribution < 1.29 is 0 Å². The van der Waals surface area contributed by atoms with E-state index >= 15 is 0 Å². The van der Waals surface area contributed by atoms with Gasteiger partial charge in [-0.3, -0.25) is 4.90 Å². The van der Waals surface area contributed by atoms with Gasteiger partial charge in [-0.15, -0.1) is 24.0 Å². The molecule has 2 heterocycles. The molecule has 1 fully saturated rings. The number of hydrogen-bond acceptors (Lipinski definition) is 5. The number of rotatable bonds is 8. The topological polar surface area (TPSA) is 68.7 Å². The van der Waals surface area contributed by atoms with Crippen molar-refractivity contribution in [1.29, 1.82) is 0 Å². The van der Waals surface area contributed by atoms with Crippen molar-refractivity contribution in [3.05, 3.63) is 53.3 Å². The van der Waals surface area contributed by atoms with Gasteiger partial charge < -0.3 is 15.5 Å². The summed E-state index contributed by atoms with van der Waals surface area (Å²) in [5, 5.41) is 7.48. The van der Waals surface area contributed by atoms with Gasteiger partial charge in [-0.1, -0.05) is 23.7 Å². The van der Waals surface area contributed by atoms with Gasteiger partial charge in [0.15, 0.2) is 5.96 Å². The van der Waals surface area contributed by atoms with Gasteiger partial charge in [0.25, 0.3) is 0 Å². The van der Waals surface area contributed by atoms with Gasteiger partial charge in [-0.25, -0.2) is 15.0 Å². The largest absolute Gasteiger partial charge is 0.357 e. The van der Waals surface area contributed by atoms with E-state index in [2.05, 4.69) is 42.3 Å². The van der Waals surface area contributed by atoms with Crippen LogP contribution in [0.25, 0.3) is 0 Å². The zero-order chi connectivity index (χ0) is 20.3. The fraction of sp³-hybridized carbons (Fsp3) is 0.476. The molecule has 164 valence electrons. The van der Waals surface area contributed by atoms with Crippen molar-refractivity contribution in [3.63, 3.8) is 0 Å². The number of halogens is 2. The van der Waals surface area contributed by atoms with Crippen LogP contribution in [0, 0.1) is 0 Å². The van der Waals surface area contributed by atoms with Crippen LogP contribution in [0.15, 0.2) is 47.7 Å². The predicted octanol–water partition coefficient (Wildman–Crippen LogP) is 3.02. The van der Waals surface area contributed by atoms with E-state index in [4.69, 9.17) is 11.6 Å². The number of aromatic nitrogens is 2. The van der Waals surface area contributed by atoms with E-state index in [1.807, 2.05) is 30.3 Å². The molecule has 0 radical (unpaired) electrons. The Hall–Kier alpha value is -1.65. The monoisotopic (exact) mass is 543 g/mol. The summed E-state index contributed by atoms with van der Waals surface area (Å²) in [5.74, 6) is 1.68. The van der Waals surface area contributed by atoms with Crippen molar-refractivity contribution in [3.8, 4) is 0 Å². The fourth-order valence-electron chi connectivity index (χ4n) is 3.28. The van der Waals surface area contributed by atoms with Gasteiger partial charge >= 0.3 is 0 Å². The summed E-state index contributed by atoms with van der Waals surface area (Å²) in [7, 11) is 0. The summed E-state index contributed by atoms with van der Waals surface area (Å²) in [4.78, 5) is 18.1. The van der Waals surface area contributed by atoms with Gasteiger partial charge in [0.1, 0.15) is 0 Å². The lowest BCUT2D eigenvalue weighted by atomic mass is 10.2. The van der Waals surface area contributed by atoms with Gasteiger partial charge in [0.2, 0.25) is 5.95 Å². The van der Waals surface area contributed by atoms with Crippen LogP contribution < -0.4 is 15.5 Å². The van der Waals surface area contributed by atoms with Gasteiger partial charge in [-0.05, 0) is 43.7 Å². The van der Waals surface area contributed by atoms with E-state index in [0.29, 0.717) is 6.54 Å². The third kappa shape index (κ3) is 8.23. The Bertz CT molecular complexity index is 767. The summed E-state index contributed by atoms with van der Waals surface area (Å²) in [6.07, 6.45) is 4.68. The first-order valence-corrected chi connectivity index (χ1v) is 10.6. The molecule has 0 saturated carbocycles. The molecule has 9 heteroatoms. The Kier molecular flexibility index (Phi) is 11.2. The number of piperazine rings is 1. The van der Waals surface area contributed by atoms with Crippen molar-refractivity contribution in [1.82, 2.24) is 25.5 Å². The second kappa shape index (κ2) is 13.6. The highest BCUT2D eigenvalue weighted by molar-refractivity contribution is 14.0. The summed E-state index contributed by atoms with van der Waals surface area (Å²) in [6.45, 7) is 9.52. The molecule has 2 N–H and O–H groups in total. The maximum atomic E-state index is 6.05. The van der Waals surface area contributed by atoms with Crippen LogP contribution in [0.4, 0.5) is 5.95 Å². The third-order valence-electron chi connectivity index (χ3n) is 4.80. The molecule has 3 rings (SSSR count). The first-order valence-electron chi connectivity index (χ1n) is 10.3. The molecule has 0 spiro atoms. The van der Waals surface area contributed by atoms with E-state index < -0.39 is 0 Å². The van der Waals surface area contributed by atoms with Crippen LogP contribution in [0.5, 0.6) is 0 Å². The molecule has 0 unspecified atom stereocenters. The normalized spacial score (nSPS) is 14.9. The van der Waals surface area contributed by atoms with Crippen LogP contribution in [-0.2, 0) is 6.54 Å². The first-order chi connectivity index (χ1) is 14.2. The van der Waals surface area contributed by atoms with Crippen molar-refractivity contribution in [2.24, 2.45) is 4.99 Å². The van der Waals surface area contributed by atoms with Gasteiger partial charge in [0, 0.05) is 56.7 Å². The van der Waals surface area contributed by atoms with Crippen molar-refractivity contribution in [2.45, 2.75) is 19.9 Å². The average molecular weight is 544 g/mol. The number of anilines is 1. The van der Waals surface area contributed by atoms with E-state index in [-0.39, 0.29) is 24.0 Å². The van der Waals surface area contributed by atoms with E-state index in [9.17, 15) is 0 Å². The average Bonchev–Trinajstić information content (AvgIpc) is 2.76. The lowest BCUT2D eigenvalue weighted by molar-refractivity contribution is 0.254. The highest BCUT2D eigenvalue weighted by atomic mass is 127. The first kappa shape index (κ1) is 24.6. The van der Waals surface area contributed by atoms with Crippen LogP contribution in [0.2, 0.25) is 5.02 Å². The van der Waals surface area contributed by atoms with E-state index in [1.165, 1.54) is 0 Å². The minimum absolute atomic E-state index is 0. The smallest absolute Gasteiger partial charge is 0.225 e. The molecule has 7 nitrogen and oxygen atoms in total. The number of benzene rings is 1. The second-order valence-corrected chi connectivity index (χ2v) is 7.42. The van der Waals surface area contributed by atoms with Crippen LogP contribution in [-0.4, -0.2) is 66.6 Å². The van der Waals surface area contributed by atoms with Crippen LogP contribution in [0.1, 0.15) is 18.9 Å². The standard InChI is InChI=1S/C21H30ClN7.HI/c1-2-23-20(27-17-18-6-3-7-19(22)16-18)24-10-5-11-28-12-14-29(15-13-28)21-25-8-4-9-26-21;/h3-4,6-9,16H,2,5,10-15,17H2,1H3,(H2,23,24,27);1H. The molecule has 0 aliphatic carbocycles. The lowest BCUT2D eigenvalue weighted by Gasteiger charge is -2.34. The number of hydrogen-bond donors (Lipinski definition) is 2. The number of nitrogens with one attached hydrogen (secondary N) is 2. The maximum absolute atomic E-state index is 6.05. The Balaban J connectivity index is 0.00000320. The number of aliphatic imine (C=N–C) groups is 1. The molecule has 0 amide bonds. The fourth-order valence-corrected chi connectivity index (χ4v) is 3.50.